The molecule has 0 aliphatic heterocycles. The van der Waals surface area contributed by atoms with Crippen LogP contribution in [-0.4, -0.2) is 29.7 Å². The highest BCUT2D eigenvalue weighted by Gasteiger charge is 2.10. The third-order valence-corrected chi connectivity index (χ3v) is 3.51. The first-order chi connectivity index (χ1) is 11.1. The van der Waals surface area contributed by atoms with Gasteiger partial charge in [0.1, 0.15) is 6.33 Å². The van der Waals surface area contributed by atoms with E-state index >= 15 is 0 Å². The molecule has 0 radical (unpaired) electrons. The van der Waals surface area contributed by atoms with Gasteiger partial charge in [-0.2, -0.15) is 0 Å². The number of fused-ring (bicyclic) bond motifs is 1. The van der Waals surface area contributed by atoms with Crippen LogP contribution in [0.5, 0.6) is 0 Å². The molecular weight excluding hydrogens is 292 g/mol. The molecule has 0 atom stereocenters. The van der Waals surface area contributed by atoms with Crippen molar-refractivity contribution in [2.45, 2.75) is 0 Å². The van der Waals surface area contributed by atoms with E-state index < -0.39 is 0 Å². The third-order valence-electron chi connectivity index (χ3n) is 3.51. The van der Waals surface area contributed by atoms with Crippen molar-refractivity contribution < 1.29 is 4.79 Å². The van der Waals surface area contributed by atoms with Crippen LogP contribution in [0.25, 0.3) is 10.9 Å². The number of hydrogen-bond donors (Lipinski definition) is 1. The second-order valence-corrected chi connectivity index (χ2v) is 5.32. The molecule has 1 N–H and O–H groups in total. The van der Waals surface area contributed by atoms with Crippen molar-refractivity contribution in [3.05, 3.63) is 70.8 Å². The van der Waals surface area contributed by atoms with E-state index in [1.807, 2.05) is 31.1 Å². The van der Waals surface area contributed by atoms with Crippen molar-refractivity contribution in [2.75, 3.05) is 24.4 Å². The van der Waals surface area contributed by atoms with Crippen LogP contribution in [0, 0.1) is 0 Å². The summed E-state index contributed by atoms with van der Waals surface area (Å²) in [6.45, 7) is 0. The van der Waals surface area contributed by atoms with E-state index in [1.165, 1.54) is 6.33 Å². The molecule has 1 heterocycles. The van der Waals surface area contributed by atoms with Gasteiger partial charge < -0.3 is 4.90 Å². The van der Waals surface area contributed by atoms with Crippen LogP contribution in [0.15, 0.2) is 59.7 Å². The van der Waals surface area contributed by atoms with Crippen molar-refractivity contribution in [3.63, 3.8) is 0 Å². The fraction of sp³-hybridized carbons (Fsp3) is 0.118. The van der Waals surface area contributed by atoms with Crippen molar-refractivity contribution >= 4 is 22.5 Å². The molecule has 0 spiro atoms. The SMILES string of the molecule is CN(C)c1cccc(C(=O)Nn2cnc3ccccc3c2=O)c1. The predicted octanol–water partition coefficient (Wildman–Crippen LogP) is 1.85. The molecular formula is C17H16N4O2. The second kappa shape index (κ2) is 5.92. The Labute approximate surface area is 133 Å². The Bertz CT molecular complexity index is 931. The number of nitrogens with one attached hydrogen (secondary N) is 1. The maximum absolute atomic E-state index is 12.4. The highest BCUT2D eigenvalue weighted by molar-refractivity contribution is 6.00. The molecule has 1 amide bonds. The molecule has 23 heavy (non-hydrogen) atoms. The van der Waals surface area contributed by atoms with Gasteiger partial charge in [-0.25, -0.2) is 9.66 Å². The zero-order valence-electron chi connectivity index (χ0n) is 12.9. The Balaban J connectivity index is 1.93. The van der Waals surface area contributed by atoms with Gasteiger partial charge in [0.05, 0.1) is 10.9 Å². The van der Waals surface area contributed by atoms with E-state index in [9.17, 15) is 9.59 Å². The summed E-state index contributed by atoms with van der Waals surface area (Å²) >= 11 is 0. The largest absolute Gasteiger partial charge is 0.378 e. The summed E-state index contributed by atoms with van der Waals surface area (Å²) in [6.07, 6.45) is 1.32. The summed E-state index contributed by atoms with van der Waals surface area (Å²) in [5, 5.41) is 0.456. The van der Waals surface area contributed by atoms with Crippen LogP contribution in [0.4, 0.5) is 5.69 Å². The van der Waals surface area contributed by atoms with Gasteiger partial charge in [0.15, 0.2) is 0 Å². The molecule has 3 rings (SSSR count). The maximum atomic E-state index is 12.4. The monoisotopic (exact) mass is 308 g/mol. The van der Waals surface area contributed by atoms with E-state index in [1.54, 1.807) is 36.4 Å². The molecule has 0 aliphatic carbocycles. The average molecular weight is 308 g/mol. The van der Waals surface area contributed by atoms with Gasteiger partial charge in [-0.15, -0.1) is 0 Å². The van der Waals surface area contributed by atoms with Gasteiger partial charge in [0.2, 0.25) is 0 Å². The van der Waals surface area contributed by atoms with E-state index in [2.05, 4.69) is 10.4 Å². The number of carbonyl (C=O) groups is 1. The summed E-state index contributed by atoms with van der Waals surface area (Å²) < 4.78 is 1.10. The van der Waals surface area contributed by atoms with E-state index in [0.29, 0.717) is 16.5 Å². The molecule has 0 saturated carbocycles. The number of amides is 1. The molecule has 0 unspecified atom stereocenters. The van der Waals surface area contributed by atoms with E-state index in [-0.39, 0.29) is 11.5 Å². The Morgan fingerprint density at radius 1 is 1.13 bits per heavy atom. The average Bonchev–Trinajstić information content (AvgIpc) is 2.57. The third kappa shape index (κ3) is 2.91. The molecule has 1 aromatic heterocycles. The van der Waals surface area contributed by atoms with Gasteiger partial charge in [0, 0.05) is 25.3 Å². The maximum Gasteiger partial charge on any atom is 0.280 e. The van der Waals surface area contributed by atoms with E-state index in [4.69, 9.17) is 0 Å². The van der Waals surface area contributed by atoms with Crippen molar-refractivity contribution in [2.24, 2.45) is 0 Å². The molecule has 0 bridgehead atoms. The minimum Gasteiger partial charge on any atom is -0.378 e. The Morgan fingerprint density at radius 3 is 2.70 bits per heavy atom. The topological polar surface area (TPSA) is 67.2 Å². The van der Waals surface area contributed by atoms with E-state index in [0.717, 1.165) is 10.4 Å². The van der Waals surface area contributed by atoms with Crippen LogP contribution in [0.3, 0.4) is 0 Å². The van der Waals surface area contributed by atoms with Crippen molar-refractivity contribution in [3.8, 4) is 0 Å². The molecule has 0 fully saturated rings. The van der Waals surface area contributed by atoms with Crippen molar-refractivity contribution in [1.82, 2.24) is 9.66 Å². The van der Waals surface area contributed by atoms with Gasteiger partial charge in [-0.3, -0.25) is 15.0 Å². The summed E-state index contributed by atoms with van der Waals surface area (Å²) in [7, 11) is 3.80. The zero-order valence-corrected chi connectivity index (χ0v) is 12.9. The lowest BCUT2D eigenvalue weighted by Crippen LogP contribution is -2.33. The second-order valence-electron chi connectivity index (χ2n) is 5.32. The summed E-state index contributed by atoms with van der Waals surface area (Å²) in [5.74, 6) is -0.368. The lowest BCUT2D eigenvalue weighted by Gasteiger charge is -2.14. The normalized spacial score (nSPS) is 10.5. The number of carbonyl (C=O) groups excluding carboxylic acids is 1. The fourth-order valence-corrected chi connectivity index (χ4v) is 2.25. The molecule has 6 heteroatoms. The molecule has 3 aromatic rings. The van der Waals surface area contributed by atoms with Crippen LogP contribution >= 0.6 is 0 Å². The summed E-state index contributed by atoms with van der Waals surface area (Å²) in [6, 6.07) is 14.2. The van der Waals surface area contributed by atoms with Crippen LogP contribution in [0.2, 0.25) is 0 Å². The number of nitrogens with zero attached hydrogens (tertiary/aromatic N) is 3. The lowest BCUT2D eigenvalue weighted by atomic mass is 10.2. The molecule has 0 saturated heterocycles. The van der Waals surface area contributed by atoms with Gasteiger partial charge >= 0.3 is 0 Å². The highest BCUT2D eigenvalue weighted by atomic mass is 16.2. The highest BCUT2D eigenvalue weighted by Crippen LogP contribution is 2.13. The minimum atomic E-state index is -0.368. The first kappa shape index (κ1) is 14.8. The molecule has 6 nitrogen and oxygen atoms in total. The standard InChI is InChI=1S/C17H16N4O2/c1-20(2)13-7-5-6-12(10-13)16(22)19-21-11-18-15-9-4-3-8-14(15)17(21)23/h3-11H,1-2H3,(H,19,22). The van der Waals surface area contributed by atoms with Gasteiger partial charge in [0.25, 0.3) is 11.5 Å². The van der Waals surface area contributed by atoms with Crippen molar-refractivity contribution in [1.29, 1.82) is 0 Å². The fourth-order valence-electron chi connectivity index (χ4n) is 2.25. The number of aromatic nitrogens is 2. The Kier molecular flexibility index (Phi) is 3.80. The first-order valence-corrected chi connectivity index (χ1v) is 7.11. The van der Waals surface area contributed by atoms with Gasteiger partial charge in [-0.1, -0.05) is 18.2 Å². The molecule has 116 valence electrons. The quantitative estimate of drug-likeness (QED) is 0.802. The molecule has 0 aliphatic rings. The Hall–Kier alpha value is -3.15. The van der Waals surface area contributed by atoms with Crippen LogP contribution in [0.1, 0.15) is 10.4 Å². The van der Waals surface area contributed by atoms with Gasteiger partial charge in [-0.05, 0) is 30.3 Å². The number of hydrogen-bond acceptors (Lipinski definition) is 4. The Morgan fingerprint density at radius 2 is 1.91 bits per heavy atom. The van der Waals surface area contributed by atoms with Crippen LogP contribution < -0.4 is 15.9 Å². The summed E-state index contributed by atoms with van der Waals surface area (Å²) in [4.78, 5) is 30.8. The number of para-hydroxylation sites is 1. The number of anilines is 1. The zero-order chi connectivity index (χ0) is 16.4. The number of benzene rings is 2. The minimum absolute atomic E-state index is 0.312. The first-order valence-electron chi connectivity index (χ1n) is 7.11. The number of rotatable bonds is 3. The lowest BCUT2D eigenvalue weighted by molar-refractivity contribution is 0.101. The molecule has 2 aromatic carbocycles. The summed E-state index contributed by atoms with van der Waals surface area (Å²) in [5.41, 5.74) is 4.22. The van der Waals surface area contributed by atoms with Crippen LogP contribution in [-0.2, 0) is 0 Å². The smallest absolute Gasteiger partial charge is 0.280 e. The predicted molar refractivity (Wildman–Crippen MR) is 90.5 cm³/mol.